The lowest BCUT2D eigenvalue weighted by Crippen LogP contribution is -1.93. The summed E-state index contributed by atoms with van der Waals surface area (Å²) in [7, 11) is 0. The fourth-order valence-electron chi connectivity index (χ4n) is 1.75. The molecule has 1 unspecified atom stereocenters. The number of aliphatic hydroxyl groups excluding tert-OH is 1. The third-order valence-electron chi connectivity index (χ3n) is 2.34. The number of ketones is 1. The summed E-state index contributed by atoms with van der Waals surface area (Å²) in [6, 6.07) is 5.55. The Hall–Kier alpha value is -1.15. The summed E-state index contributed by atoms with van der Waals surface area (Å²) < 4.78 is 0. The van der Waals surface area contributed by atoms with Crippen molar-refractivity contribution < 1.29 is 9.90 Å². The Balaban J connectivity index is 2.67. The Bertz CT molecular complexity index is 342. The summed E-state index contributed by atoms with van der Waals surface area (Å²) in [5, 5.41) is 9.51. The van der Waals surface area contributed by atoms with Gasteiger partial charge in [-0.05, 0) is 18.1 Å². The Morgan fingerprint density at radius 3 is 2.92 bits per heavy atom. The molecule has 0 bridgehead atoms. The van der Waals surface area contributed by atoms with Gasteiger partial charge in [-0.15, -0.1) is 0 Å². The predicted octanol–water partition coefficient (Wildman–Crippen LogP) is 1.61. The molecule has 0 radical (unpaired) electrons. The number of rotatable bonds is 0. The van der Waals surface area contributed by atoms with E-state index >= 15 is 0 Å². The molecule has 1 aliphatic rings. The zero-order chi connectivity index (χ0) is 8.72. The van der Waals surface area contributed by atoms with E-state index in [1.807, 2.05) is 19.1 Å². The predicted molar refractivity (Wildman–Crippen MR) is 45.1 cm³/mol. The number of carbonyl (C=O) groups excluding carboxylic acids is 1. The fourth-order valence-corrected chi connectivity index (χ4v) is 1.75. The zero-order valence-corrected chi connectivity index (χ0v) is 6.87. The highest BCUT2D eigenvalue weighted by Gasteiger charge is 2.28. The second-order valence-electron chi connectivity index (χ2n) is 3.18. The van der Waals surface area contributed by atoms with Gasteiger partial charge < -0.3 is 5.11 Å². The van der Waals surface area contributed by atoms with Gasteiger partial charge >= 0.3 is 0 Å². The molecule has 2 rings (SSSR count). The lowest BCUT2D eigenvalue weighted by atomic mass is 10.0. The molecule has 62 valence electrons. The number of carbonyl (C=O) groups is 1. The maximum atomic E-state index is 11.3. The van der Waals surface area contributed by atoms with E-state index in [0.717, 1.165) is 11.1 Å². The number of benzene rings is 1. The van der Waals surface area contributed by atoms with Crippen molar-refractivity contribution in [1.82, 2.24) is 0 Å². The molecular weight excluding hydrogens is 152 g/mol. The van der Waals surface area contributed by atoms with Crippen LogP contribution in [0.1, 0.15) is 34.0 Å². The molecule has 0 saturated heterocycles. The summed E-state index contributed by atoms with van der Waals surface area (Å²) in [4.78, 5) is 11.3. The van der Waals surface area contributed by atoms with Crippen LogP contribution < -0.4 is 0 Å². The molecule has 0 spiro atoms. The smallest absolute Gasteiger partial charge is 0.166 e. The van der Waals surface area contributed by atoms with Crippen LogP contribution in [0.3, 0.4) is 0 Å². The van der Waals surface area contributed by atoms with Gasteiger partial charge in [0, 0.05) is 12.0 Å². The Kier molecular flexibility index (Phi) is 1.51. The first kappa shape index (κ1) is 7.50. The van der Waals surface area contributed by atoms with Gasteiger partial charge in [0.25, 0.3) is 0 Å². The molecular formula is C10H10O2. The van der Waals surface area contributed by atoms with E-state index in [2.05, 4.69) is 0 Å². The van der Waals surface area contributed by atoms with Crippen LogP contribution in [0.25, 0.3) is 0 Å². The van der Waals surface area contributed by atoms with Crippen LogP contribution in [0.4, 0.5) is 0 Å². The molecule has 1 atom stereocenters. The molecule has 0 aliphatic heterocycles. The van der Waals surface area contributed by atoms with Crippen LogP contribution in [0.15, 0.2) is 18.2 Å². The topological polar surface area (TPSA) is 37.3 Å². The number of aliphatic hydroxyl groups is 1. The monoisotopic (exact) mass is 162 g/mol. The zero-order valence-electron chi connectivity index (χ0n) is 6.87. The largest absolute Gasteiger partial charge is 0.388 e. The van der Waals surface area contributed by atoms with Gasteiger partial charge in [-0.2, -0.15) is 0 Å². The molecule has 2 heteroatoms. The van der Waals surface area contributed by atoms with Crippen molar-refractivity contribution in [2.75, 3.05) is 0 Å². The second-order valence-corrected chi connectivity index (χ2v) is 3.18. The van der Waals surface area contributed by atoms with E-state index in [9.17, 15) is 9.90 Å². The quantitative estimate of drug-likeness (QED) is 0.629. The van der Waals surface area contributed by atoms with Crippen LogP contribution in [-0.2, 0) is 0 Å². The molecule has 0 fully saturated rings. The minimum absolute atomic E-state index is 0.0567. The Morgan fingerprint density at radius 1 is 1.50 bits per heavy atom. The van der Waals surface area contributed by atoms with Gasteiger partial charge in [-0.3, -0.25) is 4.79 Å². The lowest BCUT2D eigenvalue weighted by Gasteiger charge is -2.05. The minimum atomic E-state index is -0.575. The van der Waals surface area contributed by atoms with Crippen molar-refractivity contribution in [2.45, 2.75) is 19.4 Å². The number of hydrogen-bond acceptors (Lipinski definition) is 2. The van der Waals surface area contributed by atoms with Gasteiger partial charge in [0.2, 0.25) is 0 Å². The van der Waals surface area contributed by atoms with E-state index in [1.54, 1.807) is 6.07 Å². The van der Waals surface area contributed by atoms with Crippen molar-refractivity contribution in [3.05, 3.63) is 34.9 Å². The van der Waals surface area contributed by atoms with Gasteiger partial charge in [0.15, 0.2) is 5.78 Å². The first-order valence-corrected chi connectivity index (χ1v) is 4.01. The highest BCUT2D eigenvalue weighted by atomic mass is 16.3. The first-order valence-electron chi connectivity index (χ1n) is 4.01. The van der Waals surface area contributed by atoms with Crippen molar-refractivity contribution in [3.8, 4) is 0 Å². The minimum Gasteiger partial charge on any atom is -0.388 e. The van der Waals surface area contributed by atoms with E-state index in [1.165, 1.54) is 0 Å². The first-order chi connectivity index (χ1) is 5.70. The molecule has 0 heterocycles. The van der Waals surface area contributed by atoms with E-state index in [-0.39, 0.29) is 12.2 Å². The van der Waals surface area contributed by atoms with Gasteiger partial charge in [-0.25, -0.2) is 0 Å². The Labute approximate surface area is 70.8 Å². The second kappa shape index (κ2) is 2.42. The van der Waals surface area contributed by atoms with Crippen molar-refractivity contribution >= 4 is 5.78 Å². The standard InChI is InChI=1S/C10H10O2/c1-6-3-2-4-7-8(11)5-9(12)10(6)7/h2-4,9,12H,5H2,1H3. The molecule has 12 heavy (non-hydrogen) atoms. The fraction of sp³-hybridized carbons (Fsp3) is 0.300. The van der Waals surface area contributed by atoms with E-state index in [4.69, 9.17) is 0 Å². The third-order valence-corrected chi connectivity index (χ3v) is 2.34. The molecule has 1 aromatic carbocycles. The highest BCUT2D eigenvalue weighted by Crippen LogP contribution is 2.32. The van der Waals surface area contributed by atoms with Crippen LogP contribution >= 0.6 is 0 Å². The SMILES string of the molecule is Cc1cccc2c1C(O)CC2=O. The van der Waals surface area contributed by atoms with Crippen molar-refractivity contribution in [3.63, 3.8) is 0 Å². The van der Waals surface area contributed by atoms with E-state index < -0.39 is 6.10 Å². The molecule has 0 aromatic heterocycles. The van der Waals surface area contributed by atoms with Gasteiger partial charge in [0.1, 0.15) is 0 Å². The summed E-state index contributed by atoms with van der Waals surface area (Å²) in [6.45, 7) is 1.92. The van der Waals surface area contributed by atoms with Crippen molar-refractivity contribution in [2.24, 2.45) is 0 Å². The van der Waals surface area contributed by atoms with Crippen LogP contribution in [0.5, 0.6) is 0 Å². The number of Topliss-reactive ketones (excluding diaryl/α,β-unsaturated/α-hetero) is 1. The summed E-state index contributed by atoms with van der Waals surface area (Å²) in [5.41, 5.74) is 2.52. The van der Waals surface area contributed by atoms with E-state index in [0.29, 0.717) is 5.56 Å². The number of fused-ring (bicyclic) bond motifs is 1. The number of hydrogen-bond donors (Lipinski definition) is 1. The van der Waals surface area contributed by atoms with Gasteiger partial charge in [0.05, 0.1) is 6.10 Å². The molecule has 2 nitrogen and oxygen atoms in total. The van der Waals surface area contributed by atoms with Crippen LogP contribution in [0, 0.1) is 6.92 Å². The normalized spacial score (nSPS) is 21.2. The summed E-state index contributed by atoms with van der Waals surface area (Å²) >= 11 is 0. The van der Waals surface area contributed by atoms with Crippen molar-refractivity contribution in [1.29, 1.82) is 0 Å². The average molecular weight is 162 g/mol. The third kappa shape index (κ3) is 0.883. The highest BCUT2D eigenvalue weighted by molar-refractivity contribution is 6.01. The Morgan fingerprint density at radius 2 is 2.25 bits per heavy atom. The lowest BCUT2D eigenvalue weighted by molar-refractivity contribution is 0.0930. The van der Waals surface area contributed by atoms with Gasteiger partial charge in [-0.1, -0.05) is 18.2 Å². The molecule has 1 aromatic rings. The average Bonchev–Trinajstić information content (AvgIpc) is 2.29. The molecule has 1 N–H and O–H groups in total. The number of aryl methyl sites for hydroxylation is 1. The molecule has 0 amide bonds. The maximum absolute atomic E-state index is 11.3. The molecule has 1 aliphatic carbocycles. The summed E-state index contributed by atoms with van der Waals surface area (Å²) in [6.07, 6.45) is -0.325. The van der Waals surface area contributed by atoms with Crippen LogP contribution in [0.2, 0.25) is 0 Å². The van der Waals surface area contributed by atoms with Crippen LogP contribution in [-0.4, -0.2) is 10.9 Å². The molecule has 0 saturated carbocycles. The maximum Gasteiger partial charge on any atom is 0.166 e. The summed E-state index contributed by atoms with van der Waals surface area (Å²) in [5.74, 6) is 0.0567.